The van der Waals surface area contributed by atoms with Gasteiger partial charge in [0.05, 0.1) is 10.6 Å². The lowest BCUT2D eigenvalue weighted by Crippen LogP contribution is -2.44. The lowest BCUT2D eigenvalue weighted by atomic mass is 9.84. The summed E-state index contributed by atoms with van der Waals surface area (Å²) in [5.41, 5.74) is -0.323. The monoisotopic (exact) mass is 493 g/mol. The van der Waals surface area contributed by atoms with Gasteiger partial charge in [0.25, 0.3) is 0 Å². The second-order valence-corrected chi connectivity index (χ2v) is 15.9. The number of aliphatic hydroxyl groups is 1. The molecule has 2 aromatic rings. The fourth-order valence-corrected chi connectivity index (χ4v) is 5.23. The molecule has 2 heterocycles. The fraction of sp³-hybridized carbons (Fsp3) is 0.583. The van der Waals surface area contributed by atoms with Crippen LogP contribution < -0.4 is 9.33 Å². The van der Waals surface area contributed by atoms with Gasteiger partial charge >= 0.3 is 5.97 Å². The molecular weight excluding hydrogens is 458 g/mol. The molecule has 0 radical (unpaired) electrons. The molecule has 1 aromatic carbocycles. The van der Waals surface area contributed by atoms with E-state index in [9.17, 15) is 15.0 Å². The molecule has 1 aromatic heterocycles. The second kappa shape index (κ2) is 8.96. The van der Waals surface area contributed by atoms with E-state index in [0.29, 0.717) is 36.5 Å². The maximum Gasteiger partial charge on any atom is 0.356 e. The first-order valence-electron chi connectivity index (χ1n) is 11.4. The molecule has 1 aliphatic heterocycles. The molecule has 0 amide bonds. The van der Waals surface area contributed by atoms with Crippen LogP contribution in [0, 0.1) is 0 Å². The summed E-state index contributed by atoms with van der Waals surface area (Å²) < 4.78 is 8.09. The van der Waals surface area contributed by atoms with Crippen molar-refractivity contribution in [2.24, 2.45) is 0 Å². The zero-order valence-corrected chi connectivity index (χ0v) is 22.4. The van der Waals surface area contributed by atoms with Crippen LogP contribution in [0.3, 0.4) is 0 Å². The third-order valence-corrected chi connectivity index (χ3v) is 11.6. The Kier molecular flexibility index (Phi) is 6.95. The van der Waals surface area contributed by atoms with Gasteiger partial charge in [0.1, 0.15) is 11.6 Å². The maximum absolute atomic E-state index is 11.5. The first-order valence-corrected chi connectivity index (χ1v) is 14.7. The number of nitrogens with zero attached hydrogens (tertiary/aromatic N) is 3. The molecule has 9 heteroatoms. The highest BCUT2D eigenvalue weighted by Gasteiger charge is 2.40. The molecule has 1 fully saturated rings. The smallest absolute Gasteiger partial charge is 0.356 e. The Morgan fingerprint density at radius 3 is 2.30 bits per heavy atom. The summed E-state index contributed by atoms with van der Waals surface area (Å²) in [5.74, 6) is 0.447. The average Bonchev–Trinajstić information content (AvgIpc) is 3.13. The normalized spacial score (nSPS) is 16.8. The predicted octanol–water partition coefficient (Wildman–Crippen LogP) is 5.69. The third kappa shape index (κ3) is 5.23. The lowest BCUT2D eigenvalue weighted by Gasteiger charge is -2.40. The Hall–Kier alpha value is -2.03. The number of carbonyl (C=O) groups is 1. The number of carboxylic acids is 1. The van der Waals surface area contributed by atoms with Gasteiger partial charge < -0.3 is 19.5 Å². The zero-order chi connectivity index (χ0) is 24.8. The molecule has 0 atom stereocenters. The summed E-state index contributed by atoms with van der Waals surface area (Å²) in [6, 6.07) is 7.22. The van der Waals surface area contributed by atoms with Gasteiger partial charge in [0.15, 0.2) is 5.69 Å². The largest absolute Gasteiger partial charge is 0.543 e. The molecule has 0 spiro atoms. The van der Waals surface area contributed by atoms with Crippen LogP contribution in [-0.4, -0.2) is 47.4 Å². The molecular formula is C24H36ClN3O4Si. The van der Waals surface area contributed by atoms with Gasteiger partial charge in [0.2, 0.25) is 8.32 Å². The van der Waals surface area contributed by atoms with Gasteiger partial charge in [0, 0.05) is 30.8 Å². The number of piperidine rings is 1. The Morgan fingerprint density at radius 1 is 1.21 bits per heavy atom. The van der Waals surface area contributed by atoms with E-state index in [0.717, 1.165) is 11.6 Å². The highest BCUT2D eigenvalue weighted by molar-refractivity contribution is 6.74. The van der Waals surface area contributed by atoms with Gasteiger partial charge in [-0.15, -0.1) is 0 Å². The number of rotatable bonds is 6. The van der Waals surface area contributed by atoms with Crippen molar-refractivity contribution in [2.75, 3.05) is 18.0 Å². The first-order chi connectivity index (χ1) is 15.1. The van der Waals surface area contributed by atoms with Gasteiger partial charge in [-0.2, -0.15) is 5.10 Å². The minimum Gasteiger partial charge on any atom is -0.543 e. The summed E-state index contributed by atoms with van der Waals surface area (Å²) in [4.78, 5) is 13.5. The Bertz CT molecular complexity index is 1020. The van der Waals surface area contributed by atoms with Crippen LogP contribution >= 0.6 is 11.6 Å². The van der Waals surface area contributed by atoms with Crippen molar-refractivity contribution in [2.45, 2.75) is 77.2 Å². The number of hydrogen-bond donors (Lipinski definition) is 2. The van der Waals surface area contributed by atoms with Crippen LogP contribution in [0.5, 0.6) is 5.75 Å². The fourth-order valence-electron chi connectivity index (χ4n) is 3.86. The van der Waals surface area contributed by atoms with Crippen LogP contribution in [-0.2, 0) is 5.60 Å². The number of aromatic carboxylic acids is 1. The Labute approximate surface area is 202 Å². The molecule has 0 unspecified atom stereocenters. The van der Waals surface area contributed by atoms with E-state index < -0.39 is 19.9 Å². The van der Waals surface area contributed by atoms with E-state index in [-0.39, 0.29) is 16.8 Å². The highest BCUT2D eigenvalue weighted by atomic mass is 35.5. The van der Waals surface area contributed by atoms with Crippen molar-refractivity contribution in [1.29, 1.82) is 0 Å². The summed E-state index contributed by atoms with van der Waals surface area (Å²) in [6.07, 6.45) is 0.946. The molecule has 2 N–H and O–H groups in total. The van der Waals surface area contributed by atoms with Gasteiger partial charge in [-0.3, -0.25) is 0 Å². The van der Waals surface area contributed by atoms with Gasteiger partial charge in [-0.25, -0.2) is 9.48 Å². The quantitative estimate of drug-likeness (QED) is 0.503. The molecule has 7 nitrogen and oxygen atoms in total. The van der Waals surface area contributed by atoms with E-state index in [2.05, 4.69) is 43.9 Å². The second-order valence-electron chi connectivity index (χ2n) is 10.8. The van der Waals surface area contributed by atoms with Crippen LogP contribution in [0.15, 0.2) is 24.3 Å². The summed E-state index contributed by atoms with van der Waals surface area (Å²) in [5, 5.41) is 25.6. The van der Waals surface area contributed by atoms with Gasteiger partial charge in [-0.05, 0) is 57.0 Å². The minimum atomic E-state index is -1.99. The van der Waals surface area contributed by atoms with E-state index in [1.807, 2.05) is 32.0 Å². The maximum atomic E-state index is 11.5. The van der Waals surface area contributed by atoms with E-state index in [1.54, 1.807) is 10.7 Å². The van der Waals surface area contributed by atoms with Crippen molar-refractivity contribution in [3.63, 3.8) is 0 Å². The van der Waals surface area contributed by atoms with Crippen molar-refractivity contribution in [1.82, 2.24) is 9.78 Å². The van der Waals surface area contributed by atoms with Crippen molar-refractivity contribution in [3.8, 4) is 5.75 Å². The first kappa shape index (κ1) is 25.6. The SMILES string of the molecule is CC(C)n1nc(C(=O)O)cc1N1CCC(O)(c2ccc(O[Si](C)(C)C(C)(C)C)cc2Cl)CC1. The van der Waals surface area contributed by atoms with Crippen molar-refractivity contribution in [3.05, 3.63) is 40.5 Å². The average molecular weight is 494 g/mol. The number of hydrogen-bond acceptors (Lipinski definition) is 5. The molecule has 182 valence electrons. The molecule has 1 saturated heterocycles. The predicted molar refractivity (Wildman–Crippen MR) is 134 cm³/mol. The lowest BCUT2D eigenvalue weighted by molar-refractivity contribution is 0.0116. The van der Waals surface area contributed by atoms with Crippen LogP contribution in [0.4, 0.5) is 5.82 Å². The molecule has 1 aliphatic rings. The summed E-state index contributed by atoms with van der Waals surface area (Å²) in [6.45, 7) is 16.0. The Balaban J connectivity index is 1.78. The summed E-state index contributed by atoms with van der Waals surface area (Å²) >= 11 is 6.64. The number of anilines is 1. The highest BCUT2D eigenvalue weighted by Crippen LogP contribution is 2.42. The van der Waals surface area contributed by atoms with Crippen molar-refractivity contribution >= 4 is 31.7 Å². The molecule has 0 bridgehead atoms. The number of carboxylic acid groups (broad SMARTS) is 1. The molecule has 33 heavy (non-hydrogen) atoms. The van der Waals surface area contributed by atoms with E-state index in [4.69, 9.17) is 16.0 Å². The standard InChI is InChI=1S/C24H36ClN3O4Si/c1-16(2)28-21(15-20(26-28)22(29)30)27-12-10-24(31,11-13-27)18-9-8-17(14-19(18)25)32-33(6,7)23(3,4)5/h8-9,14-16,31H,10-13H2,1-7H3,(H,29,30). The van der Waals surface area contributed by atoms with Crippen LogP contribution in [0.2, 0.25) is 23.2 Å². The molecule has 3 rings (SSSR count). The molecule has 0 aliphatic carbocycles. The van der Waals surface area contributed by atoms with E-state index >= 15 is 0 Å². The number of aromatic nitrogens is 2. The van der Waals surface area contributed by atoms with E-state index in [1.165, 1.54) is 0 Å². The van der Waals surface area contributed by atoms with Gasteiger partial charge in [-0.1, -0.05) is 38.4 Å². The van der Waals surface area contributed by atoms with Crippen LogP contribution in [0.25, 0.3) is 0 Å². The zero-order valence-electron chi connectivity index (χ0n) is 20.6. The van der Waals surface area contributed by atoms with Crippen molar-refractivity contribution < 1.29 is 19.4 Å². The number of benzene rings is 1. The third-order valence-electron chi connectivity index (χ3n) is 6.96. The minimum absolute atomic E-state index is 0.0248. The number of halogens is 1. The topological polar surface area (TPSA) is 87.8 Å². The Morgan fingerprint density at radius 2 is 1.82 bits per heavy atom. The molecule has 0 saturated carbocycles. The summed E-state index contributed by atoms with van der Waals surface area (Å²) in [7, 11) is -1.99. The van der Waals surface area contributed by atoms with Crippen LogP contribution in [0.1, 0.15) is 69.6 Å².